The molecule has 1 aliphatic rings. The maximum Gasteiger partial charge on any atom is 0.234 e. The fourth-order valence-electron chi connectivity index (χ4n) is 2.43. The maximum atomic E-state index is 12.2. The van der Waals surface area contributed by atoms with Crippen molar-refractivity contribution in [1.29, 1.82) is 0 Å². The van der Waals surface area contributed by atoms with Crippen molar-refractivity contribution in [3.05, 3.63) is 35.9 Å². The third-order valence-electron chi connectivity index (χ3n) is 3.72. The minimum absolute atomic E-state index is 0.0488. The largest absolute Gasteiger partial charge is 0.394 e. The van der Waals surface area contributed by atoms with Gasteiger partial charge in [-0.2, -0.15) is 0 Å². The van der Waals surface area contributed by atoms with Crippen molar-refractivity contribution in [3.63, 3.8) is 0 Å². The summed E-state index contributed by atoms with van der Waals surface area (Å²) in [6.07, 6.45) is 0. The first-order chi connectivity index (χ1) is 9.64. The van der Waals surface area contributed by atoms with Crippen LogP contribution < -0.4 is 10.6 Å². The highest BCUT2D eigenvalue weighted by atomic mass is 16.3. The van der Waals surface area contributed by atoms with E-state index >= 15 is 0 Å². The van der Waals surface area contributed by atoms with E-state index in [0.29, 0.717) is 6.54 Å². The molecule has 2 rings (SSSR count). The molecular formula is C15H23N3O2. The van der Waals surface area contributed by atoms with Crippen molar-refractivity contribution in [2.75, 3.05) is 39.3 Å². The predicted octanol–water partition coefficient (Wildman–Crippen LogP) is -0.0845. The van der Waals surface area contributed by atoms with Crippen molar-refractivity contribution in [3.8, 4) is 0 Å². The number of aliphatic hydroxyl groups is 1. The highest BCUT2D eigenvalue weighted by Gasteiger charge is 2.28. The molecule has 0 spiro atoms. The molecule has 0 saturated carbocycles. The first-order valence-electron chi connectivity index (χ1n) is 7.04. The van der Waals surface area contributed by atoms with E-state index in [1.54, 1.807) is 0 Å². The van der Waals surface area contributed by atoms with Crippen molar-refractivity contribution < 1.29 is 9.90 Å². The molecule has 1 unspecified atom stereocenters. The number of hydrogen-bond acceptors (Lipinski definition) is 4. The Hall–Kier alpha value is -1.43. The van der Waals surface area contributed by atoms with Gasteiger partial charge in [0, 0.05) is 26.2 Å². The van der Waals surface area contributed by atoms with Crippen molar-refractivity contribution in [2.24, 2.45) is 0 Å². The topological polar surface area (TPSA) is 64.6 Å². The molecule has 1 aromatic rings. The zero-order chi connectivity index (χ0) is 14.4. The average Bonchev–Trinajstić information content (AvgIpc) is 2.49. The lowest BCUT2D eigenvalue weighted by Gasteiger charge is -2.32. The molecule has 0 radical (unpaired) electrons. The van der Waals surface area contributed by atoms with Gasteiger partial charge in [0.05, 0.1) is 18.7 Å². The zero-order valence-corrected chi connectivity index (χ0v) is 11.9. The lowest BCUT2D eigenvalue weighted by atomic mass is 9.93. The van der Waals surface area contributed by atoms with Gasteiger partial charge < -0.3 is 15.7 Å². The molecule has 20 heavy (non-hydrogen) atoms. The van der Waals surface area contributed by atoms with Crippen LogP contribution in [0, 0.1) is 0 Å². The minimum Gasteiger partial charge on any atom is -0.394 e. The Labute approximate surface area is 120 Å². The van der Waals surface area contributed by atoms with Gasteiger partial charge in [-0.1, -0.05) is 30.3 Å². The van der Waals surface area contributed by atoms with Crippen LogP contribution in [-0.2, 0) is 10.3 Å². The number of nitrogens with one attached hydrogen (secondary N) is 2. The summed E-state index contributed by atoms with van der Waals surface area (Å²) in [4.78, 5) is 14.3. The summed E-state index contributed by atoms with van der Waals surface area (Å²) in [5.41, 5.74) is 0.183. The van der Waals surface area contributed by atoms with E-state index in [1.165, 1.54) is 0 Å². The molecule has 1 fully saturated rings. The van der Waals surface area contributed by atoms with E-state index in [-0.39, 0.29) is 12.5 Å². The fraction of sp³-hybridized carbons (Fsp3) is 0.533. The minimum atomic E-state index is -0.730. The Morgan fingerprint density at radius 1 is 1.35 bits per heavy atom. The molecule has 5 nitrogen and oxygen atoms in total. The van der Waals surface area contributed by atoms with E-state index in [1.807, 2.05) is 37.3 Å². The van der Waals surface area contributed by atoms with Gasteiger partial charge in [0.2, 0.25) is 5.91 Å². The molecule has 0 aromatic heterocycles. The van der Waals surface area contributed by atoms with Crippen LogP contribution in [0.25, 0.3) is 0 Å². The molecule has 1 amide bonds. The van der Waals surface area contributed by atoms with Gasteiger partial charge in [0.1, 0.15) is 0 Å². The maximum absolute atomic E-state index is 12.2. The molecular weight excluding hydrogens is 254 g/mol. The first-order valence-corrected chi connectivity index (χ1v) is 7.04. The number of carbonyl (C=O) groups excluding carboxylic acids is 1. The van der Waals surface area contributed by atoms with Crippen LogP contribution in [0.4, 0.5) is 0 Å². The van der Waals surface area contributed by atoms with Gasteiger partial charge in [-0.25, -0.2) is 0 Å². The summed E-state index contributed by atoms with van der Waals surface area (Å²) in [6.45, 7) is 5.71. The number of carbonyl (C=O) groups is 1. The molecule has 110 valence electrons. The summed E-state index contributed by atoms with van der Waals surface area (Å²) in [5.74, 6) is -0.0488. The van der Waals surface area contributed by atoms with Gasteiger partial charge >= 0.3 is 0 Å². The second-order valence-electron chi connectivity index (χ2n) is 5.43. The molecule has 1 atom stereocenters. The van der Waals surface area contributed by atoms with Gasteiger partial charge in [-0.05, 0) is 12.5 Å². The SMILES string of the molecule is CC(CO)(NC(=O)CN1CCNCC1)c1ccccc1. The quantitative estimate of drug-likeness (QED) is 0.704. The van der Waals surface area contributed by atoms with Gasteiger partial charge in [0.25, 0.3) is 0 Å². The van der Waals surface area contributed by atoms with E-state index in [9.17, 15) is 9.90 Å². The smallest absolute Gasteiger partial charge is 0.234 e. The molecule has 1 aromatic carbocycles. The van der Waals surface area contributed by atoms with Gasteiger partial charge in [0.15, 0.2) is 0 Å². The first kappa shape index (κ1) is 15.0. The Morgan fingerprint density at radius 2 is 2.00 bits per heavy atom. The van der Waals surface area contributed by atoms with Crippen LogP contribution in [-0.4, -0.2) is 55.2 Å². The number of hydrogen-bond donors (Lipinski definition) is 3. The highest BCUT2D eigenvalue weighted by molar-refractivity contribution is 5.79. The zero-order valence-electron chi connectivity index (χ0n) is 11.9. The second kappa shape index (κ2) is 6.83. The molecule has 0 aliphatic carbocycles. The van der Waals surface area contributed by atoms with Crippen LogP contribution in [0.5, 0.6) is 0 Å². The second-order valence-corrected chi connectivity index (χ2v) is 5.43. The number of nitrogens with zero attached hydrogens (tertiary/aromatic N) is 1. The van der Waals surface area contributed by atoms with Crippen LogP contribution in [0.15, 0.2) is 30.3 Å². The van der Waals surface area contributed by atoms with Crippen LogP contribution in [0.3, 0.4) is 0 Å². The van der Waals surface area contributed by atoms with Crippen LogP contribution in [0.2, 0.25) is 0 Å². The monoisotopic (exact) mass is 277 g/mol. The lowest BCUT2D eigenvalue weighted by Crippen LogP contribution is -2.52. The van der Waals surface area contributed by atoms with Crippen molar-refractivity contribution in [1.82, 2.24) is 15.5 Å². The standard InChI is InChI=1S/C15H23N3O2/c1-15(12-19,13-5-3-2-4-6-13)17-14(20)11-18-9-7-16-8-10-18/h2-6,16,19H,7-12H2,1H3,(H,17,20). The average molecular weight is 277 g/mol. The molecule has 0 bridgehead atoms. The summed E-state index contributed by atoms with van der Waals surface area (Å²) >= 11 is 0. The van der Waals surface area contributed by atoms with E-state index in [4.69, 9.17) is 0 Å². The molecule has 5 heteroatoms. The lowest BCUT2D eigenvalue weighted by molar-refractivity contribution is -0.124. The van der Waals surface area contributed by atoms with Crippen LogP contribution in [0.1, 0.15) is 12.5 Å². The third-order valence-corrected chi connectivity index (χ3v) is 3.72. The van der Waals surface area contributed by atoms with Crippen molar-refractivity contribution in [2.45, 2.75) is 12.5 Å². The Balaban J connectivity index is 1.96. The predicted molar refractivity (Wildman–Crippen MR) is 78.3 cm³/mol. The van der Waals surface area contributed by atoms with Gasteiger partial charge in [-0.15, -0.1) is 0 Å². The highest BCUT2D eigenvalue weighted by Crippen LogP contribution is 2.19. The number of rotatable bonds is 5. The summed E-state index contributed by atoms with van der Waals surface area (Å²) < 4.78 is 0. The molecule has 1 aliphatic heterocycles. The number of aliphatic hydroxyl groups excluding tert-OH is 1. The molecule has 1 heterocycles. The van der Waals surface area contributed by atoms with Gasteiger partial charge in [-0.3, -0.25) is 9.69 Å². The summed E-state index contributed by atoms with van der Waals surface area (Å²) in [5, 5.41) is 15.9. The number of amides is 1. The number of piperazine rings is 1. The summed E-state index contributed by atoms with van der Waals surface area (Å²) in [7, 11) is 0. The van der Waals surface area contributed by atoms with E-state index < -0.39 is 5.54 Å². The van der Waals surface area contributed by atoms with Crippen molar-refractivity contribution >= 4 is 5.91 Å². The Bertz CT molecular complexity index is 432. The normalized spacial score (nSPS) is 19.3. The fourth-order valence-corrected chi connectivity index (χ4v) is 2.43. The Kier molecular flexibility index (Phi) is 5.11. The molecule has 3 N–H and O–H groups in total. The van der Waals surface area contributed by atoms with Crippen LogP contribution >= 0.6 is 0 Å². The molecule has 1 saturated heterocycles. The number of benzene rings is 1. The van der Waals surface area contributed by atoms with E-state index in [0.717, 1.165) is 31.7 Å². The summed E-state index contributed by atoms with van der Waals surface area (Å²) in [6, 6.07) is 9.57. The third kappa shape index (κ3) is 3.79. The van der Waals surface area contributed by atoms with E-state index in [2.05, 4.69) is 15.5 Å². The Morgan fingerprint density at radius 3 is 2.60 bits per heavy atom.